The number of carbonyl (C=O) groups excluding carboxylic acids is 1. The van der Waals surface area contributed by atoms with Gasteiger partial charge in [0.15, 0.2) is 6.29 Å². The van der Waals surface area contributed by atoms with Gasteiger partial charge in [-0.15, -0.1) is 0 Å². The van der Waals surface area contributed by atoms with Crippen LogP contribution in [0.1, 0.15) is 27.2 Å². The minimum absolute atomic E-state index is 0.625. The SMILES string of the molecule is Cc1cccc(CCc2ncnc3[nH]cc(C=O)c23)c1. The van der Waals surface area contributed by atoms with Crippen molar-refractivity contribution in [3.8, 4) is 0 Å². The van der Waals surface area contributed by atoms with Crippen molar-refractivity contribution >= 4 is 17.3 Å². The summed E-state index contributed by atoms with van der Waals surface area (Å²) in [5.74, 6) is 0. The van der Waals surface area contributed by atoms with E-state index >= 15 is 0 Å². The van der Waals surface area contributed by atoms with Crippen molar-refractivity contribution in [2.24, 2.45) is 0 Å². The van der Waals surface area contributed by atoms with E-state index in [0.717, 1.165) is 35.9 Å². The first-order valence-electron chi connectivity index (χ1n) is 6.59. The summed E-state index contributed by atoms with van der Waals surface area (Å²) in [6.07, 6.45) is 5.76. The van der Waals surface area contributed by atoms with Crippen LogP contribution in [0.4, 0.5) is 0 Å². The predicted molar refractivity (Wildman–Crippen MR) is 77.9 cm³/mol. The lowest BCUT2D eigenvalue weighted by molar-refractivity contribution is 0.112. The van der Waals surface area contributed by atoms with Gasteiger partial charge >= 0.3 is 0 Å². The Balaban J connectivity index is 1.91. The molecular weight excluding hydrogens is 250 g/mol. The van der Waals surface area contributed by atoms with Crippen LogP contribution < -0.4 is 0 Å². The van der Waals surface area contributed by atoms with E-state index in [1.54, 1.807) is 12.5 Å². The molecule has 0 bridgehead atoms. The van der Waals surface area contributed by atoms with E-state index in [4.69, 9.17) is 0 Å². The molecule has 0 aliphatic heterocycles. The number of benzene rings is 1. The van der Waals surface area contributed by atoms with E-state index in [2.05, 4.69) is 46.1 Å². The molecule has 0 atom stereocenters. The van der Waals surface area contributed by atoms with Gasteiger partial charge in [0.25, 0.3) is 0 Å². The second-order valence-electron chi connectivity index (χ2n) is 4.89. The average Bonchev–Trinajstić information content (AvgIpc) is 2.89. The minimum Gasteiger partial charge on any atom is -0.345 e. The van der Waals surface area contributed by atoms with E-state index in [-0.39, 0.29) is 0 Å². The third-order valence-corrected chi connectivity index (χ3v) is 3.44. The van der Waals surface area contributed by atoms with E-state index in [0.29, 0.717) is 5.56 Å². The Bertz CT molecular complexity index is 761. The lowest BCUT2D eigenvalue weighted by atomic mass is 10.0. The number of nitrogens with zero attached hydrogens (tertiary/aromatic N) is 2. The number of hydrogen-bond acceptors (Lipinski definition) is 3. The predicted octanol–water partition coefficient (Wildman–Crippen LogP) is 2.86. The fourth-order valence-corrected chi connectivity index (χ4v) is 2.47. The van der Waals surface area contributed by atoms with E-state index in [1.807, 2.05) is 0 Å². The molecular formula is C16H15N3O. The van der Waals surface area contributed by atoms with Gasteiger partial charge in [-0.1, -0.05) is 29.8 Å². The van der Waals surface area contributed by atoms with Crippen molar-refractivity contribution in [3.63, 3.8) is 0 Å². The smallest absolute Gasteiger partial charge is 0.152 e. The Kier molecular flexibility index (Phi) is 3.29. The van der Waals surface area contributed by atoms with E-state index < -0.39 is 0 Å². The maximum atomic E-state index is 11.1. The van der Waals surface area contributed by atoms with Crippen LogP contribution >= 0.6 is 0 Å². The quantitative estimate of drug-likeness (QED) is 0.738. The largest absolute Gasteiger partial charge is 0.345 e. The average molecular weight is 265 g/mol. The van der Waals surface area contributed by atoms with Gasteiger partial charge in [0.2, 0.25) is 0 Å². The number of carbonyl (C=O) groups is 1. The zero-order valence-electron chi connectivity index (χ0n) is 11.3. The molecule has 3 aromatic rings. The second kappa shape index (κ2) is 5.25. The van der Waals surface area contributed by atoms with Gasteiger partial charge in [-0.2, -0.15) is 0 Å². The highest BCUT2D eigenvalue weighted by Gasteiger charge is 2.10. The van der Waals surface area contributed by atoms with Crippen LogP contribution in [0, 0.1) is 6.92 Å². The van der Waals surface area contributed by atoms with Crippen molar-refractivity contribution < 1.29 is 4.79 Å². The highest BCUT2D eigenvalue weighted by molar-refractivity contribution is 5.96. The van der Waals surface area contributed by atoms with Gasteiger partial charge in [-0.3, -0.25) is 4.79 Å². The summed E-state index contributed by atoms with van der Waals surface area (Å²) in [6.45, 7) is 2.09. The molecule has 0 saturated heterocycles. The zero-order valence-corrected chi connectivity index (χ0v) is 11.3. The third-order valence-electron chi connectivity index (χ3n) is 3.44. The van der Waals surface area contributed by atoms with E-state index in [9.17, 15) is 4.79 Å². The first-order chi connectivity index (χ1) is 9.78. The summed E-state index contributed by atoms with van der Waals surface area (Å²) in [5, 5.41) is 0.843. The minimum atomic E-state index is 0.625. The summed E-state index contributed by atoms with van der Waals surface area (Å²) >= 11 is 0. The molecule has 1 N–H and O–H groups in total. The molecule has 20 heavy (non-hydrogen) atoms. The molecule has 4 nitrogen and oxygen atoms in total. The van der Waals surface area contributed by atoms with Gasteiger partial charge in [0.05, 0.1) is 11.1 Å². The lowest BCUT2D eigenvalue weighted by Gasteiger charge is -2.04. The van der Waals surface area contributed by atoms with Gasteiger partial charge in [0, 0.05) is 11.8 Å². The summed E-state index contributed by atoms with van der Waals surface area (Å²) in [6, 6.07) is 8.44. The number of aromatic nitrogens is 3. The molecule has 0 amide bonds. The Labute approximate surface area is 116 Å². The van der Waals surface area contributed by atoms with Crippen molar-refractivity contribution in [1.29, 1.82) is 0 Å². The van der Waals surface area contributed by atoms with Crippen molar-refractivity contribution in [2.45, 2.75) is 19.8 Å². The van der Waals surface area contributed by atoms with Gasteiger partial charge in [-0.25, -0.2) is 9.97 Å². The number of aromatic amines is 1. The number of rotatable bonds is 4. The topological polar surface area (TPSA) is 58.6 Å². The molecule has 2 heterocycles. The molecule has 0 radical (unpaired) electrons. The molecule has 0 fully saturated rings. The number of aryl methyl sites for hydroxylation is 3. The molecule has 100 valence electrons. The molecule has 4 heteroatoms. The third kappa shape index (κ3) is 2.32. The van der Waals surface area contributed by atoms with Crippen LogP contribution in [0.3, 0.4) is 0 Å². The molecule has 0 aliphatic carbocycles. The van der Waals surface area contributed by atoms with Crippen LogP contribution in [0.2, 0.25) is 0 Å². The monoisotopic (exact) mass is 265 g/mol. The van der Waals surface area contributed by atoms with E-state index in [1.165, 1.54) is 11.1 Å². The molecule has 1 aromatic carbocycles. The van der Waals surface area contributed by atoms with Crippen LogP contribution in [-0.4, -0.2) is 21.2 Å². The lowest BCUT2D eigenvalue weighted by Crippen LogP contribution is -1.98. The second-order valence-corrected chi connectivity index (χ2v) is 4.89. The number of hydrogen-bond donors (Lipinski definition) is 1. The maximum absolute atomic E-state index is 11.1. The summed E-state index contributed by atoms with van der Waals surface area (Å²) < 4.78 is 0. The van der Waals surface area contributed by atoms with Crippen molar-refractivity contribution in [3.05, 3.63) is 59.2 Å². The highest BCUT2D eigenvalue weighted by atomic mass is 16.1. The Morgan fingerprint density at radius 2 is 2.15 bits per heavy atom. The number of H-pyrrole nitrogens is 1. The zero-order chi connectivity index (χ0) is 13.9. The van der Waals surface area contributed by atoms with Gasteiger partial charge in [-0.05, 0) is 25.3 Å². The van der Waals surface area contributed by atoms with Crippen LogP contribution in [0.5, 0.6) is 0 Å². The molecule has 3 rings (SSSR count). The maximum Gasteiger partial charge on any atom is 0.152 e. The molecule has 0 unspecified atom stereocenters. The standard InChI is InChI=1S/C16H15N3O/c1-11-3-2-4-12(7-11)5-6-14-15-13(9-20)8-17-16(15)19-10-18-14/h2-4,7-10H,5-6H2,1H3,(H,17,18,19). The Morgan fingerprint density at radius 1 is 1.25 bits per heavy atom. The summed E-state index contributed by atoms with van der Waals surface area (Å²) in [5.41, 5.74) is 4.80. The molecule has 0 aliphatic rings. The molecule has 0 saturated carbocycles. The molecule has 0 spiro atoms. The Hall–Kier alpha value is -2.49. The summed E-state index contributed by atoms with van der Waals surface area (Å²) in [4.78, 5) is 22.6. The number of nitrogens with one attached hydrogen (secondary N) is 1. The van der Waals surface area contributed by atoms with Crippen LogP contribution in [-0.2, 0) is 12.8 Å². The van der Waals surface area contributed by atoms with Crippen molar-refractivity contribution in [2.75, 3.05) is 0 Å². The highest BCUT2D eigenvalue weighted by Crippen LogP contribution is 2.19. The first kappa shape index (κ1) is 12.5. The van der Waals surface area contributed by atoms with Gasteiger partial charge < -0.3 is 4.98 Å². The fraction of sp³-hybridized carbons (Fsp3) is 0.188. The summed E-state index contributed by atoms with van der Waals surface area (Å²) in [7, 11) is 0. The van der Waals surface area contributed by atoms with Crippen molar-refractivity contribution in [1.82, 2.24) is 15.0 Å². The van der Waals surface area contributed by atoms with Crippen LogP contribution in [0.25, 0.3) is 11.0 Å². The molecule has 2 aromatic heterocycles. The van der Waals surface area contributed by atoms with Crippen LogP contribution in [0.15, 0.2) is 36.8 Å². The fourth-order valence-electron chi connectivity index (χ4n) is 2.47. The Morgan fingerprint density at radius 3 is 2.95 bits per heavy atom. The first-order valence-corrected chi connectivity index (χ1v) is 6.59. The number of fused-ring (bicyclic) bond motifs is 1. The number of aldehydes is 1. The normalized spacial score (nSPS) is 10.8. The van der Waals surface area contributed by atoms with Gasteiger partial charge in [0.1, 0.15) is 12.0 Å².